The van der Waals surface area contributed by atoms with E-state index >= 15 is 0 Å². The maximum absolute atomic E-state index is 11.9. The van der Waals surface area contributed by atoms with Crippen LogP contribution in [0.4, 0.5) is 26.1 Å². The van der Waals surface area contributed by atoms with Crippen LogP contribution in [-0.4, -0.2) is 47.6 Å². The molecule has 8 nitrogen and oxygen atoms in total. The molecule has 1 rings (SSSR count). The van der Waals surface area contributed by atoms with E-state index in [1.54, 1.807) is 0 Å². The second-order valence-electron chi connectivity index (χ2n) is 4.00. The second kappa shape index (κ2) is 8.95. The van der Waals surface area contributed by atoms with Crippen molar-refractivity contribution in [3.8, 4) is 0 Å². The molecule has 0 radical (unpaired) electrons. The van der Waals surface area contributed by atoms with E-state index in [0.29, 0.717) is 6.54 Å². The summed E-state index contributed by atoms with van der Waals surface area (Å²) in [5.41, 5.74) is -0.278. The minimum atomic E-state index is -2.54. The van der Waals surface area contributed by atoms with Gasteiger partial charge in [-0.2, -0.15) is 0 Å². The number of halogens is 2. The number of nitro groups is 1. The number of aromatic nitrogens is 2. The average Bonchev–Trinajstić information content (AvgIpc) is 2.44. The van der Waals surface area contributed by atoms with E-state index in [2.05, 4.69) is 25.3 Å². The summed E-state index contributed by atoms with van der Waals surface area (Å²) in [5.74, 6) is 0.141. The van der Waals surface area contributed by atoms with Crippen molar-refractivity contribution < 1.29 is 18.4 Å². The van der Waals surface area contributed by atoms with E-state index in [9.17, 15) is 18.9 Å². The van der Waals surface area contributed by atoms with E-state index in [-0.39, 0.29) is 30.5 Å². The van der Waals surface area contributed by atoms with Crippen molar-refractivity contribution >= 4 is 17.3 Å². The molecule has 1 aromatic heterocycles. The molecule has 21 heavy (non-hydrogen) atoms. The van der Waals surface area contributed by atoms with Gasteiger partial charge in [-0.1, -0.05) is 6.92 Å². The second-order valence-corrected chi connectivity index (χ2v) is 4.00. The summed E-state index contributed by atoms with van der Waals surface area (Å²) in [7, 11) is 0. The van der Waals surface area contributed by atoms with Gasteiger partial charge in [0.05, 0.1) is 11.5 Å². The first-order chi connectivity index (χ1) is 10.1. The highest BCUT2D eigenvalue weighted by molar-refractivity contribution is 5.69. The number of anilines is 2. The van der Waals surface area contributed by atoms with Gasteiger partial charge in [0.15, 0.2) is 0 Å². The van der Waals surface area contributed by atoms with E-state index < -0.39 is 18.0 Å². The summed E-state index contributed by atoms with van der Waals surface area (Å²) in [5, 5.41) is 16.6. The first-order valence-electron chi connectivity index (χ1n) is 6.39. The van der Waals surface area contributed by atoms with Crippen LogP contribution in [-0.2, 0) is 4.74 Å². The molecule has 0 saturated carbocycles. The summed E-state index contributed by atoms with van der Waals surface area (Å²) in [4.78, 5) is 18.1. The van der Waals surface area contributed by atoms with Crippen LogP contribution in [0.1, 0.15) is 13.3 Å². The lowest BCUT2D eigenvalue weighted by molar-refractivity contribution is -0.383. The van der Waals surface area contributed by atoms with Crippen molar-refractivity contribution in [3.63, 3.8) is 0 Å². The summed E-state index contributed by atoms with van der Waals surface area (Å²) < 4.78 is 28.4. The smallest absolute Gasteiger partial charge is 0.353 e. The Kier molecular flexibility index (Phi) is 7.23. The van der Waals surface area contributed by atoms with Gasteiger partial charge < -0.3 is 15.4 Å². The number of ether oxygens (including phenoxy) is 1. The molecule has 0 aliphatic carbocycles. The third-order valence-electron chi connectivity index (χ3n) is 2.33. The maximum Gasteiger partial charge on any atom is 0.353 e. The van der Waals surface area contributed by atoms with Crippen LogP contribution < -0.4 is 10.6 Å². The quantitative estimate of drug-likeness (QED) is 0.386. The topological polar surface area (TPSA) is 102 Å². The van der Waals surface area contributed by atoms with Gasteiger partial charge in [-0.05, 0) is 6.42 Å². The zero-order valence-corrected chi connectivity index (χ0v) is 11.5. The Balaban J connectivity index is 2.65. The first kappa shape index (κ1) is 17.0. The predicted octanol–water partition coefficient (Wildman–Crippen LogP) is 1.90. The van der Waals surface area contributed by atoms with Gasteiger partial charge in [-0.25, -0.2) is 18.7 Å². The molecule has 0 aromatic carbocycles. The van der Waals surface area contributed by atoms with Crippen molar-refractivity contribution in [1.82, 2.24) is 9.97 Å². The van der Waals surface area contributed by atoms with Crippen LogP contribution in [0.2, 0.25) is 0 Å². The number of nitrogens with zero attached hydrogens (tertiary/aromatic N) is 3. The molecular formula is C11H17F2N5O3. The number of hydrogen-bond acceptors (Lipinski definition) is 7. The molecule has 0 bridgehead atoms. The van der Waals surface area contributed by atoms with Crippen molar-refractivity contribution in [2.75, 3.05) is 36.9 Å². The highest BCUT2D eigenvalue weighted by atomic mass is 19.3. The van der Waals surface area contributed by atoms with Crippen LogP contribution in [0.15, 0.2) is 6.33 Å². The Bertz CT molecular complexity index is 461. The van der Waals surface area contributed by atoms with Crippen LogP contribution in [0.25, 0.3) is 0 Å². The molecule has 0 spiro atoms. The molecule has 0 fully saturated rings. The molecule has 118 valence electrons. The SMILES string of the molecule is CCCNc1ncnc(NCCOCC(F)F)c1[N+](=O)[O-]. The Hall–Kier alpha value is -2.10. The van der Waals surface area contributed by atoms with Crippen molar-refractivity contribution in [2.24, 2.45) is 0 Å². The lowest BCUT2D eigenvalue weighted by Gasteiger charge is -2.09. The van der Waals surface area contributed by atoms with Crippen LogP contribution in [0.3, 0.4) is 0 Å². The maximum atomic E-state index is 11.9. The molecule has 10 heteroatoms. The number of rotatable bonds is 10. The number of hydrogen-bond donors (Lipinski definition) is 2. The van der Waals surface area contributed by atoms with Crippen LogP contribution >= 0.6 is 0 Å². The fourth-order valence-corrected chi connectivity index (χ4v) is 1.47. The lowest BCUT2D eigenvalue weighted by Crippen LogP contribution is -2.15. The monoisotopic (exact) mass is 305 g/mol. The molecule has 0 amide bonds. The van der Waals surface area contributed by atoms with Crippen molar-refractivity contribution in [1.29, 1.82) is 0 Å². The van der Waals surface area contributed by atoms with Crippen molar-refractivity contribution in [2.45, 2.75) is 19.8 Å². The van der Waals surface area contributed by atoms with Gasteiger partial charge in [0.25, 0.3) is 6.43 Å². The summed E-state index contributed by atoms with van der Waals surface area (Å²) in [6.07, 6.45) is -0.568. The standard InChI is InChI=1S/C11H17F2N5O3/c1-2-3-14-10-9(18(19)20)11(17-7-16-10)15-4-5-21-6-8(12)13/h7-8H,2-6H2,1H3,(H2,14,15,16,17). The molecular weight excluding hydrogens is 288 g/mol. The highest BCUT2D eigenvalue weighted by Crippen LogP contribution is 2.28. The zero-order valence-electron chi connectivity index (χ0n) is 11.5. The number of alkyl halides is 2. The molecule has 2 N–H and O–H groups in total. The van der Waals surface area contributed by atoms with Gasteiger partial charge in [0.2, 0.25) is 11.6 Å². The van der Waals surface area contributed by atoms with Crippen molar-refractivity contribution in [3.05, 3.63) is 16.4 Å². The normalized spacial score (nSPS) is 10.7. The summed E-state index contributed by atoms with van der Waals surface area (Å²) in [6, 6.07) is 0. The first-order valence-corrected chi connectivity index (χ1v) is 6.39. The fraction of sp³-hybridized carbons (Fsp3) is 0.636. The molecule has 0 atom stereocenters. The molecule has 1 aromatic rings. The largest absolute Gasteiger partial charge is 0.374 e. The minimum Gasteiger partial charge on any atom is -0.374 e. The minimum absolute atomic E-state index is 0.0107. The average molecular weight is 305 g/mol. The molecule has 0 unspecified atom stereocenters. The third kappa shape index (κ3) is 5.81. The number of nitrogens with one attached hydrogen (secondary N) is 2. The molecule has 1 heterocycles. The molecule has 0 aliphatic rings. The van der Waals surface area contributed by atoms with Crippen LogP contribution in [0.5, 0.6) is 0 Å². The lowest BCUT2D eigenvalue weighted by atomic mass is 10.4. The van der Waals surface area contributed by atoms with Gasteiger partial charge in [0.1, 0.15) is 12.9 Å². The Morgan fingerprint density at radius 1 is 1.33 bits per heavy atom. The van der Waals surface area contributed by atoms with Crippen LogP contribution in [0, 0.1) is 10.1 Å². The van der Waals surface area contributed by atoms with E-state index in [1.165, 1.54) is 6.33 Å². The van der Waals surface area contributed by atoms with E-state index in [1.807, 2.05) is 6.92 Å². The van der Waals surface area contributed by atoms with E-state index in [0.717, 1.165) is 6.42 Å². The summed E-state index contributed by atoms with van der Waals surface area (Å²) >= 11 is 0. The van der Waals surface area contributed by atoms with E-state index in [4.69, 9.17) is 0 Å². The zero-order chi connectivity index (χ0) is 15.7. The molecule has 0 saturated heterocycles. The molecule has 0 aliphatic heterocycles. The summed E-state index contributed by atoms with van der Waals surface area (Å²) in [6.45, 7) is 1.90. The Morgan fingerprint density at radius 2 is 1.95 bits per heavy atom. The highest BCUT2D eigenvalue weighted by Gasteiger charge is 2.22. The fourth-order valence-electron chi connectivity index (χ4n) is 1.47. The van der Waals surface area contributed by atoms with Gasteiger partial charge in [-0.3, -0.25) is 10.1 Å². The van der Waals surface area contributed by atoms with Gasteiger partial charge in [0, 0.05) is 13.1 Å². The third-order valence-corrected chi connectivity index (χ3v) is 2.33. The van der Waals surface area contributed by atoms with Gasteiger partial charge in [-0.15, -0.1) is 0 Å². The Morgan fingerprint density at radius 3 is 2.48 bits per heavy atom. The predicted molar refractivity (Wildman–Crippen MR) is 72.8 cm³/mol. The Labute approximate surface area is 120 Å². The van der Waals surface area contributed by atoms with Gasteiger partial charge >= 0.3 is 5.69 Å².